The summed E-state index contributed by atoms with van der Waals surface area (Å²) in [5.74, 6) is 1.73. The number of aliphatic imine (C=N–C) groups is 1. The molecule has 1 saturated heterocycles. The Bertz CT molecular complexity index is 790. The predicted octanol–water partition coefficient (Wildman–Crippen LogP) is 2.58. The summed E-state index contributed by atoms with van der Waals surface area (Å²) in [5.41, 5.74) is 0.705. The number of piperazine rings is 1. The van der Waals surface area contributed by atoms with Gasteiger partial charge in [-0.3, -0.25) is 4.99 Å². The van der Waals surface area contributed by atoms with Crippen molar-refractivity contribution in [2.24, 2.45) is 4.99 Å². The molecule has 1 fully saturated rings. The minimum absolute atomic E-state index is 0.266. The monoisotopic (exact) mass is 422 g/mol. The molecule has 7 nitrogen and oxygen atoms in total. The lowest BCUT2D eigenvalue weighted by Crippen LogP contribution is -2.52. The molecule has 0 radical (unpaired) electrons. The minimum atomic E-state index is -0.725. The molecule has 1 unspecified atom stereocenters. The molecule has 0 aliphatic carbocycles. The van der Waals surface area contributed by atoms with Crippen LogP contribution in [0.3, 0.4) is 0 Å². The zero-order valence-electron chi connectivity index (χ0n) is 16.3. The maximum Gasteiger partial charge on any atom is 0.205 e. The number of nitrogens with zero attached hydrogens (tertiary/aromatic N) is 5. The SMILES string of the molecule is CCNC(=NCC(O)c1ccccc1Cl)N1CCN(c2nc(CC)ns2)CC1. The first-order chi connectivity index (χ1) is 13.6. The van der Waals surface area contributed by atoms with Gasteiger partial charge in [-0.25, -0.2) is 4.98 Å². The summed E-state index contributed by atoms with van der Waals surface area (Å²) in [6.07, 6.45) is 0.138. The van der Waals surface area contributed by atoms with Gasteiger partial charge < -0.3 is 20.2 Å². The lowest BCUT2D eigenvalue weighted by molar-refractivity contribution is 0.186. The normalized spacial score (nSPS) is 16.4. The average molecular weight is 423 g/mol. The van der Waals surface area contributed by atoms with Gasteiger partial charge in [0, 0.05) is 61.3 Å². The third kappa shape index (κ3) is 5.12. The maximum absolute atomic E-state index is 10.5. The molecule has 28 heavy (non-hydrogen) atoms. The number of aliphatic hydroxyl groups excluding tert-OH is 1. The quantitative estimate of drug-likeness (QED) is 0.550. The average Bonchev–Trinajstić information content (AvgIpc) is 3.21. The lowest BCUT2D eigenvalue weighted by Gasteiger charge is -2.36. The highest BCUT2D eigenvalue weighted by Gasteiger charge is 2.22. The van der Waals surface area contributed by atoms with E-state index in [1.165, 1.54) is 11.5 Å². The molecule has 1 aliphatic heterocycles. The summed E-state index contributed by atoms with van der Waals surface area (Å²) < 4.78 is 4.38. The number of guanidine groups is 1. The van der Waals surface area contributed by atoms with Gasteiger partial charge in [-0.2, -0.15) is 4.37 Å². The van der Waals surface area contributed by atoms with Crippen LogP contribution in [-0.4, -0.2) is 64.6 Å². The molecule has 1 aromatic heterocycles. The minimum Gasteiger partial charge on any atom is -0.386 e. The molecule has 2 N–H and O–H groups in total. The summed E-state index contributed by atoms with van der Waals surface area (Å²) in [6, 6.07) is 7.34. The van der Waals surface area contributed by atoms with Gasteiger partial charge in [0.05, 0.1) is 6.54 Å². The Balaban J connectivity index is 1.61. The third-order valence-corrected chi connectivity index (χ3v) is 5.80. The van der Waals surface area contributed by atoms with Gasteiger partial charge >= 0.3 is 0 Å². The van der Waals surface area contributed by atoms with Crippen molar-refractivity contribution in [3.63, 3.8) is 0 Å². The fourth-order valence-electron chi connectivity index (χ4n) is 3.07. The Morgan fingerprint density at radius 2 is 2.04 bits per heavy atom. The van der Waals surface area contributed by atoms with Gasteiger partial charge in [-0.15, -0.1) is 0 Å². The van der Waals surface area contributed by atoms with Crippen LogP contribution in [0, 0.1) is 0 Å². The van der Waals surface area contributed by atoms with E-state index in [0.717, 1.165) is 56.1 Å². The van der Waals surface area contributed by atoms with E-state index in [0.29, 0.717) is 10.6 Å². The van der Waals surface area contributed by atoms with Crippen molar-refractivity contribution in [3.05, 3.63) is 40.7 Å². The fourth-order valence-corrected chi connectivity index (χ4v) is 4.13. The van der Waals surface area contributed by atoms with Gasteiger partial charge in [0.1, 0.15) is 11.9 Å². The molecule has 152 valence electrons. The number of hydrogen-bond donors (Lipinski definition) is 2. The molecule has 1 aromatic carbocycles. The van der Waals surface area contributed by atoms with E-state index in [9.17, 15) is 5.11 Å². The molecular weight excluding hydrogens is 396 g/mol. The van der Waals surface area contributed by atoms with Crippen molar-refractivity contribution in [1.29, 1.82) is 0 Å². The van der Waals surface area contributed by atoms with E-state index < -0.39 is 6.10 Å². The van der Waals surface area contributed by atoms with Crippen molar-refractivity contribution < 1.29 is 5.11 Å². The second-order valence-electron chi connectivity index (χ2n) is 6.55. The number of nitrogens with one attached hydrogen (secondary N) is 1. The zero-order valence-corrected chi connectivity index (χ0v) is 17.9. The molecular formula is C19H27ClN6OS. The highest BCUT2D eigenvalue weighted by Crippen LogP contribution is 2.23. The lowest BCUT2D eigenvalue weighted by atomic mass is 10.1. The van der Waals surface area contributed by atoms with E-state index in [-0.39, 0.29) is 6.54 Å². The summed E-state index contributed by atoms with van der Waals surface area (Å²) >= 11 is 7.65. The number of rotatable bonds is 6. The van der Waals surface area contributed by atoms with Crippen LogP contribution in [0.15, 0.2) is 29.3 Å². The molecule has 0 spiro atoms. The highest BCUT2D eigenvalue weighted by molar-refractivity contribution is 7.09. The van der Waals surface area contributed by atoms with E-state index >= 15 is 0 Å². The number of anilines is 1. The molecule has 1 aliphatic rings. The molecule has 0 bridgehead atoms. The van der Waals surface area contributed by atoms with Crippen LogP contribution in [0.4, 0.5) is 5.13 Å². The second-order valence-corrected chi connectivity index (χ2v) is 7.69. The van der Waals surface area contributed by atoms with Crippen LogP contribution in [0.2, 0.25) is 5.02 Å². The highest BCUT2D eigenvalue weighted by atomic mass is 35.5. The van der Waals surface area contributed by atoms with Crippen LogP contribution >= 0.6 is 23.1 Å². The van der Waals surface area contributed by atoms with Crippen molar-refractivity contribution >= 4 is 34.2 Å². The Morgan fingerprint density at radius 1 is 1.29 bits per heavy atom. The smallest absolute Gasteiger partial charge is 0.205 e. The van der Waals surface area contributed by atoms with Crippen molar-refractivity contribution in [3.8, 4) is 0 Å². The molecule has 0 amide bonds. The molecule has 9 heteroatoms. The zero-order chi connectivity index (χ0) is 19.9. The van der Waals surface area contributed by atoms with Crippen LogP contribution in [0.1, 0.15) is 31.3 Å². The standard InChI is InChI=1S/C19H27ClN6OS/c1-3-17-23-19(28-24-17)26-11-9-25(10-12-26)18(21-4-2)22-13-16(27)14-7-5-6-8-15(14)20/h5-8,16,27H,3-4,9-13H2,1-2H3,(H,21,22). The van der Waals surface area contributed by atoms with E-state index in [1.54, 1.807) is 6.07 Å². The fraction of sp³-hybridized carbons (Fsp3) is 0.526. The van der Waals surface area contributed by atoms with Crippen molar-refractivity contribution in [2.75, 3.05) is 44.2 Å². The number of aryl methyl sites for hydroxylation is 1. The summed E-state index contributed by atoms with van der Waals surface area (Å²) in [7, 11) is 0. The summed E-state index contributed by atoms with van der Waals surface area (Å²) in [5, 5.41) is 15.4. The van der Waals surface area contributed by atoms with Crippen LogP contribution in [0.5, 0.6) is 0 Å². The second kappa shape index (κ2) is 10.0. The number of hydrogen-bond acceptors (Lipinski definition) is 6. The first-order valence-electron chi connectivity index (χ1n) is 9.65. The van der Waals surface area contributed by atoms with Crippen LogP contribution < -0.4 is 10.2 Å². The van der Waals surface area contributed by atoms with Crippen LogP contribution in [0.25, 0.3) is 0 Å². The number of aliphatic hydroxyl groups is 1. The Hall–Kier alpha value is -1.90. The maximum atomic E-state index is 10.5. The first-order valence-corrected chi connectivity index (χ1v) is 10.8. The Kier molecular flexibility index (Phi) is 7.47. The summed E-state index contributed by atoms with van der Waals surface area (Å²) in [6.45, 7) is 8.58. The van der Waals surface area contributed by atoms with Crippen molar-refractivity contribution in [1.82, 2.24) is 19.6 Å². The molecule has 2 heterocycles. The third-order valence-electron chi connectivity index (χ3n) is 4.64. The topological polar surface area (TPSA) is 76.9 Å². The first kappa shape index (κ1) is 20.8. The van der Waals surface area contributed by atoms with E-state index in [4.69, 9.17) is 11.6 Å². The van der Waals surface area contributed by atoms with Gasteiger partial charge in [-0.1, -0.05) is 36.7 Å². The number of aromatic nitrogens is 2. The van der Waals surface area contributed by atoms with Crippen molar-refractivity contribution in [2.45, 2.75) is 26.4 Å². The van der Waals surface area contributed by atoms with Gasteiger partial charge in [0.2, 0.25) is 5.13 Å². The molecule has 1 atom stereocenters. The predicted molar refractivity (Wildman–Crippen MR) is 115 cm³/mol. The molecule has 0 saturated carbocycles. The largest absolute Gasteiger partial charge is 0.386 e. The molecule has 2 aromatic rings. The van der Waals surface area contributed by atoms with Gasteiger partial charge in [-0.05, 0) is 13.0 Å². The van der Waals surface area contributed by atoms with Crippen LogP contribution in [-0.2, 0) is 6.42 Å². The van der Waals surface area contributed by atoms with E-state index in [1.807, 2.05) is 25.1 Å². The number of halogens is 1. The van der Waals surface area contributed by atoms with E-state index in [2.05, 4.69) is 36.4 Å². The van der Waals surface area contributed by atoms with Gasteiger partial charge in [0.15, 0.2) is 5.96 Å². The number of benzene rings is 1. The molecule has 3 rings (SSSR count). The van der Waals surface area contributed by atoms with Gasteiger partial charge in [0.25, 0.3) is 0 Å². The summed E-state index contributed by atoms with van der Waals surface area (Å²) in [4.78, 5) is 13.7. The Labute approximate surface area is 175 Å². The Morgan fingerprint density at radius 3 is 2.68 bits per heavy atom.